The molecule has 2 aromatic rings. The fourth-order valence-electron chi connectivity index (χ4n) is 3.37. The van der Waals surface area contributed by atoms with Crippen molar-refractivity contribution in [1.29, 1.82) is 0 Å². The van der Waals surface area contributed by atoms with Crippen LogP contribution in [0.5, 0.6) is 0 Å². The van der Waals surface area contributed by atoms with Crippen LogP contribution in [0.15, 0.2) is 36.4 Å². The van der Waals surface area contributed by atoms with Crippen molar-refractivity contribution in [1.82, 2.24) is 0 Å². The van der Waals surface area contributed by atoms with Crippen LogP contribution in [0.25, 0.3) is 11.1 Å². The molecule has 1 saturated carbocycles. The van der Waals surface area contributed by atoms with E-state index in [2.05, 4.69) is 22.6 Å². The van der Waals surface area contributed by atoms with Crippen LogP contribution in [0.3, 0.4) is 0 Å². The molecule has 3 rings (SSSR count). The number of rotatable bonds is 4. The third-order valence-corrected chi connectivity index (χ3v) is 6.13. The zero-order valence-electron chi connectivity index (χ0n) is 13.4. The average molecular weight is 444 g/mol. The zero-order valence-corrected chi connectivity index (χ0v) is 15.5. The van der Waals surface area contributed by atoms with Gasteiger partial charge >= 0.3 is 0 Å². The van der Waals surface area contributed by atoms with Crippen LogP contribution in [-0.4, -0.2) is 3.92 Å². The molecule has 0 atom stereocenters. The van der Waals surface area contributed by atoms with Gasteiger partial charge < -0.3 is 0 Å². The average Bonchev–Trinajstić information content (AvgIpc) is 2.59. The smallest absolute Gasteiger partial charge is 0.194 e. The summed E-state index contributed by atoms with van der Waals surface area (Å²) in [6.07, 6.45) is 7.52. The number of aryl methyl sites for hydroxylation is 1. The lowest BCUT2D eigenvalue weighted by molar-refractivity contribution is 0.351. The van der Waals surface area contributed by atoms with E-state index in [-0.39, 0.29) is 0 Å². The van der Waals surface area contributed by atoms with Crippen molar-refractivity contribution < 1.29 is 13.2 Å². The summed E-state index contributed by atoms with van der Waals surface area (Å²) in [5.74, 6) is -2.91. The molecule has 1 aliphatic rings. The van der Waals surface area contributed by atoms with E-state index < -0.39 is 17.5 Å². The highest BCUT2D eigenvalue weighted by atomic mass is 127. The van der Waals surface area contributed by atoms with Gasteiger partial charge in [-0.15, -0.1) is 0 Å². The summed E-state index contributed by atoms with van der Waals surface area (Å²) in [5, 5.41) is 0. The second kappa shape index (κ2) is 7.89. The summed E-state index contributed by atoms with van der Waals surface area (Å²) in [6, 6.07) is 9.77. The second-order valence-electron chi connectivity index (χ2n) is 6.61. The van der Waals surface area contributed by atoms with E-state index in [1.807, 2.05) is 24.3 Å². The Labute approximate surface area is 154 Å². The first-order chi connectivity index (χ1) is 11.5. The molecular formula is C20H20F3I. The first kappa shape index (κ1) is 17.8. The quantitative estimate of drug-likeness (QED) is 0.280. The number of halogens is 4. The third-order valence-electron chi connectivity index (χ3n) is 4.89. The molecule has 0 nitrogen and oxygen atoms in total. The van der Waals surface area contributed by atoms with Gasteiger partial charge in [0.2, 0.25) is 0 Å². The van der Waals surface area contributed by atoms with Gasteiger partial charge in [-0.2, -0.15) is 0 Å². The van der Waals surface area contributed by atoms with Crippen molar-refractivity contribution in [3.05, 3.63) is 59.4 Å². The van der Waals surface area contributed by atoms with Crippen molar-refractivity contribution in [3.8, 4) is 11.1 Å². The Morgan fingerprint density at radius 2 is 1.42 bits per heavy atom. The maximum absolute atomic E-state index is 13.3. The van der Waals surface area contributed by atoms with Gasteiger partial charge in [-0.25, -0.2) is 13.2 Å². The van der Waals surface area contributed by atoms with Gasteiger partial charge in [0.1, 0.15) is 0 Å². The van der Waals surface area contributed by atoms with Gasteiger partial charge in [0, 0.05) is 3.92 Å². The Bertz CT molecular complexity index is 666. The van der Waals surface area contributed by atoms with Crippen LogP contribution in [0.4, 0.5) is 13.2 Å². The van der Waals surface area contributed by atoms with Crippen LogP contribution in [0.1, 0.15) is 37.7 Å². The minimum absolute atomic E-state index is 0.360. The molecule has 0 unspecified atom stereocenters. The molecule has 128 valence electrons. The maximum atomic E-state index is 13.3. The zero-order chi connectivity index (χ0) is 17.1. The van der Waals surface area contributed by atoms with E-state index in [0.29, 0.717) is 11.1 Å². The van der Waals surface area contributed by atoms with E-state index in [4.69, 9.17) is 0 Å². The van der Waals surface area contributed by atoms with Crippen LogP contribution >= 0.6 is 22.6 Å². The topological polar surface area (TPSA) is 0 Å². The van der Waals surface area contributed by atoms with Crippen molar-refractivity contribution in [3.63, 3.8) is 0 Å². The van der Waals surface area contributed by atoms with Gasteiger partial charge in [0.05, 0.1) is 0 Å². The molecule has 24 heavy (non-hydrogen) atoms. The highest BCUT2D eigenvalue weighted by molar-refractivity contribution is 14.1. The van der Waals surface area contributed by atoms with Crippen LogP contribution in [-0.2, 0) is 6.42 Å². The van der Waals surface area contributed by atoms with E-state index in [9.17, 15) is 13.2 Å². The molecule has 0 spiro atoms. The fourth-order valence-corrected chi connectivity index (χ4v) is 4.09. The molecule has 0 aliphatic heterocycles. The molecule has 0 aromatic heterocycles. The van der Waals surface area contributed by atoms with Crippen molar-refractivity contribution in [2.45, 2.75) is 42.4 Å². The first-order valence-electron chi connectivity index (χ1n) is 8.41. The highest BCUT2D eigenvalue weighted by Crippen LogP contribution is 2.32. The van der Waals surface area contributed by atoms with Crippen LogP contribution in [0.2, 0.25) is 0 Å². The second-order valence-corrected chi connectivity index (χ2v) is 8.37. The summed E-state index contributed by atoms with van der Waals surface area (Å²) >= 11 is 2.55. The number of hydrogen-bond acceptors (Lipinski definition) is 0. The largest absolute Gasteiger partial charge is 0.204 e. The van der Waals surface area contributed by atoms with Crippen molar-refractivity contribution in [2.75, 3.05) is 0 Å². The number of benzene rings is 2. The highest BCUT2D eigenvalue weighted by Gasteiger charge is 2.18. The van der Waals surface area contributed by atoms with Gasteiger partial charge in [-0.3, -0.25) is 0 Å². The monoisotopic (exact) mass is 444 g/mol. The van der Waals surface area contributed by atoms with Gasteiger partial charge in [0.25, 0.3) is 0 Å². The summed E-state index contributed by atoms with van der Waals surface area (Å²) in [7, 11) is 0. The Morgan fingerprint density at radius 1 is 0.833 bits per heavy atom. The normalized spacial score (nSPS) is 21.0. The molecule has 0 heterocycles. The Hall–Kier alpha value is -1.04. The summed E-state index contributed by atoms with van der Waals surface area (Å²) in [4.78, 5) is 0. The molecule has 0 radical (unpaired) electrons. The minimum Gasteiger partial charge on any atom is -0.204 e. The minimum atomic E-state index is -1.42. The molecule has 1 aliphatic carbocycles. The Morgan fingerprint density at radius 3 is 2.00 bits per heavy atom. The van der Waals surface area contributed by atoms with Gasteiger partial charge in [-0.05, 0) is 73.3 Å². The predicted octanol–water partition coefficient (Wildman–Crippen LogP) is 6.70. The number of hydrogen-bond donors (Lipinski definition) is 0. The lowest BCUT2D eigenvalue weighted by Gasteiger charge is -2.25. The summed E-state index contributed by atoms with van der Waals surface area (Å²) in [6.45, 7) is 0. The molecule has 2 aromatic carbocycles. The predicted molar refractivity (Wildman–Crippen MR) is 99.8 cm³/mol. The van der Waals surface area contributed by atoms with Crippen molar-refractivity contribution in [2.24, 2.45) is 5.92 Å². The Kier molecular flexibility index (Phi) is 5.85. The SMILES string of the molecule is Fc1cc(-c2ccc(CCC3CCC(I)CC3)cc2)cc(F)c1F. The van der Waals surface area contributed by atoms with E-state index in [0.717, 1.165) is 28.4 Å². The lowest BCUT2D eigenvalue weighted by atomic mass is 9.85. The van der Waals surface area contributed by atoms with E-state index in [1.165, 1.54) is 37.7 Å². The molecule has 0 N–H and O–H groups in total. The molecule has 0 amide bonds. The molecule has 0 bridgehead atoms. The Balaban J connectivity index is 1.63. The summed E-state index contributed by atoms with van der Waals surface area (Å²) in [5.41, 5.74) is 2.29. The molecule has 4 heteroatoms. The van der Waals surface area contributed by atoms with Crippen LogP contribution < -0.4 is 0 Å². The first-order valence-corrected chi connectivity index (χ1v) is 9.65. The summed E-state index contributed by atoms with van der Waals surface area (Å²) < 4.78 is 40.6. The maximum Gasteiger partial charge on any atom is 0.194 e. The van der Waals surface area contributed by atoms with E-state index >= 15 is 0 Å². The van der Waals surface area contributed by atoms with E-state index in [1.54, 1.807) is 0 Å². The molecular weight excluding hydrogens is 424 g/mol. The van der Waals surface area contributed by atoms with Gasteiger partial charge in [-0.1, -0.05) is 46.9 Å². The third kappa shape index (κ3) is 4.32. The number of alkyl halides is 1. The standard InChI is InChI=1S/C20H20F3I/c21-18-11-16(12-19(22)20(18)23)15-7-3-13(4-8-15)1-2-14-5-9-17(24)10-6-14/h3-4,7-8,11-12,14,17H,1-2,5-6,9-10H2. The van der Waals surface area contributed by atoms with Crippen molar-refractivity contribution >= 4 is 22.6 Å². The fraction of sp³-hybridized carbons (Fsp3) is 0.400. The lowest BCUT2D eigenvalue weighted by Crippen LogP contribution is -2.14. The molecule has 0 saturated heterocycles. The van der Waals surface area contributed by atoms with Crippen LogP contribution in [0, 0.1) is 23.4 Å². The van der Waals surface area contributed by atoms with Gasteiger partial charge in [0.15, 0.2) is 17.5 Å². The molecule has 1 fully saturated rings.